The molecule has 0 unspecified atom stereocenters. The van der Waals surface area contributed by atoms with Crippen LogP contribution in [0.25, 0.3) is 0 Å². The molecule has 0 saturated heterocycles. The molecule has 0 heterocycles. The van der Waals surface area contributed by atoms with Crippen molar-refractivity contribution in [3.05, 3.63) is 53.6 Å². The molecule has 1 N–H and O–H groups in total. The van der Waals surface area contributed by atoms with Gasteiger partial charge in [0.25, 0.3) is 0 Å². The molecular formula is C13H14O2. The lowest BCUT2D eigenvalue weighted by Crippen LogP contribution is -1.93. The number of hydrogen-bond acceptors (Lipinski definition) is 2. The highest BCUT2D eigenvalue weighted by molar-refractivity contribution is 6.06. The molecule has 2 nitrogen and oxygen atoms in total. The molecule has 0 aromatic heterocycles. The number of rotatable bonds is 3. The van der Waals surface area contributed by atoms with E-state index in [9.17, 15) is 9.90 Å². The number of phenols is 1. The smallest absolute Gasteiger partial charge is 0.189 e. The predicted molar refractivity (Wildman–Crippen MR) is 61.0 cm³/mol. The van der Waals surface area contributed by atoms with Crippen molar-refractivity contribution in [3.63, 3.8) is 0 Å². The lowest BCUT2D eigenvalue weighted by atomic mass is 10.1. The van der Waals surface area contributed by atoms with Gasteiger partial charge in [0, 0.05) is 0 Å². The van der Waals surface area contributed by atoms with E-state index in [1.165, 1.54) is 12.1 Å². The highest BCUT2D eigenvalue weighted by atomic mass is 16.3. The van der Waals surface area contributed by atoms with Gasteiger partial charge in [-0.05, 0) is 32.1 Å². The molecule has 0 atom stereocenters. The predicted octanol–water partition coefficient (Wildman–Crippen LogP) is 3.10. The van der Waals surface area contributed by atoms with Crippen molar-refractivity contribution in [2.45, 2.75) is 13.8 Å². The Hall–Kier alpha value is -1.83. The Labute approximate surface area is 89.6 Å². The molecule has 0 fully saturated rings. The quantitative estimate of drug-likeness (QED) is 0.464. The average molecular weight is 202 g/mol. The average Bonchev–Trinajstić information content (AvgIpc) is 2.17. The molecule has 0 bridgehead atoms. The molecule has 0 amide bonds. The van der Waals surface area contributed by atoms with Crippen LogP contribution in [-0.2, 0) is 0 Å². The highest BCUT2D eigenvalue weighted by Crippen LogP contribution is 2.16. The van der Waals surface area contributed by atoms with E-state index < -0.39 is 0 Å². The van der Waals surface area contributed by atoms with Gasteiger partial charge in [-0.2, -0.15) is 0 Å². The lowest BCUT2D eigenvalue weighted by Gasteiger charge is -1.98. The van der Waals surface area contributed by atoms with Gasteiger partial charge in [-0.25, -0.2) is 0 Å². The minimum atomic E-state index is -0.189. The molecule has 78 valence electrons. The first-order valence-electron chi connectivity index (χ1n) is 4.75. The van der Waals surface area contributed by atoms with Crippen LogP contribution in [-0.4, -0.2) is 10.9 Å². The Morgan fingerprint density at radius 1 is 1.27 bits per heavy atom. The fourth-order valence-corrected chi connectivity index (χ4v) is 1.10. The van der Waals surface area contributed by atoms with Crippen LogP contribution in [0.5, 0.6) is 5.75 Å². The van der Waals surface area contributed by atoms with Crippen molar-refractivity contribution in [1.82, 2.24) is 0 Å². The number of aromatic hydroxyl groups is 1. The number of ketones is 1. The third-order valence-corrected chi connectivity index (χ3v) is 1.85. The third-order valence-electron chi connectivity index (χ3n) is 1.85. The third kappa shape index (κ3) is 3.43. The van der Waals surface area contributed by atoms with Crippen LogP contribution in [0.2, 0.25) is 0 Å². The van der Waals surface area contributed by atoms with Crippen LogP contribution < -0.4 is 0 Å². The van der Waals surface area contributed by atoms with Crippen LogP contribution in [0, 0.1) is 0 Å². The molecule has 1 aromatic carbocycles. The number of carbonyl (C=O) groups is 1. The summed E-state index contributed by atoms with van der Waals surface area (Å²) in [6.07, 6.45) is 4.98. The Bertz CT molecular complexity index is 410. The van der Waals surface area contributed by atoms with E-state index in [0.29, 0.717) is 5.56 Å². The van der Waals surface area contributed by atoms with Crippen LogP contribution in [0.4, 0.5) is 0 Å². The van der Waals surface area contributed by atoms with E-state index in [2.05, 4.69) is 0 Å². The maximum atomic E-state index is 11.6. The molecule has 0 aliphatic heterocycles. The lowest BCUT2D eigenvalue weighted by molar-refractivity contribution is 0.104. The van der Waals surface area contributed by atoms with Crippen molar-refractivity contribution < 1.29 is 9.90 Å². The molecule has 2 heteroatoms. The largest absolute Gasteiger partial charge is 0.507 e. The van der Waals surface area contributed by atoms with E-state index >= 15 is 0 Å². The monoisotopic (exact) mass is 202 g/mol. The van der Waals surface area contributed by atoms with E-state index in [-0.39, 0.29) is 11.5 Å². The highest BCUT2D eigenvalue weighted by Gasteiger charge is 2.05. The zero-order valence-electron chi connectivity index (χ0n) is 8.90. The molecule has 1 aromatic rings. The molecule has 1 rings (SSSR count). The number of allylic oxidation sites excluding steroid dienone is 4. The first kappa shape index (κ1) is 11.2. The molecule has 0 aliphatic rings. The molecule has 0 saturated carbocycles. The summed E-state index contributed by atoms with van der Waals surface area (Å²) in [5.41, 5.74) is 1.45. The zero-order valence-corrected chi connectivity index (χ0v) is 8.90. The van der Waals surface area contributed by atoms with Crippen molar-refractivity contribution in [1.29, 1.82) is 0 Å². The summed E-state index contributed by atoms with van der Waals surface area (Å²) >= 11 is 0. The summed E-state index contributed by atoms with van der Waals surface area (Å²) in [6, 6.07) is 6.51. The van der Waals surface area contributed by atoms with Crippen molar-refractivity contribution >= 4 is 5.78 Å². The summed E-state index contributed by atoms with van der Waals surface area (Å²) in [6.45, 7) is 3.91. The number of hydrogen-bond donors (Lipinski definition) is 1. The molecule has 15 heavy (non-hydrogen) atoms. The number of phenolic OH excluding ortho intramolecular Hbond substituents is 1. The van der Waals surface area contributed by atoms with Crippen molar-refractivity contribution in [2.24, 2.45) is 0 Å². The molecule has 0 aliphatic carbocycles. The minimum Gasteiger partial charge on any atom is -0.507 e. The number of benzene rings is 1. The van der Waals surface area contributed by atoms with E-state index in [0.717, 1.165) is 5.57 Å². The summed E-state index contributed by atoms with van der Waals surface area (Å²) in [5.74, 6) is -0.171. The SMILES string of the molecule is CC(C)=C/C=C/C(=O)c1ccccc1O. The number of para-hydroxylation sites is 1. The van der Waals surface area contributed by atoms with E-state index in [1.54, 1.807) is 24.3 Å². The fourth-order valence-electron chi connectivity index (χ4n) is 1.10. The molecule has 0 spiro atoms. The fraction of sp³-hybridized carbons (Fsp3) is 0.154. The topological polar surface area (TPSA) is 37.3 Å². The second-order valence-corrected chi connectivity index (χ2v) is 3.48. The van der Waals surface area contributed by atoms with Crippen molar-refractivity contribution in [3.8, 4) is 5.75 Å². The zero-order chi connectivity index (χ0) is 11.3. The Kier molecular flexibility index (Phi) is 3.86. The molecular weight excluding hydrogens is 188 g/mol. The Morgan fingerprint density at radius 2 is 1.93 bits per heavy atom. The van der Waals surface area contributed by atoms with Crippen LogP contribution >= 0.6 is 0 Å². The maximum Gasteiger partial charge on any atom is 0.189 e. The van der Waals surface area contributed by atoms with Gasteiger partial charge in [-0.3, -0.25) is 4.79 Å². The van der Waals surface area contributed by atoms with Gasteiger partial charge >= 0.3 is 0 Å². The van der Waals surface area contributed by atoms with Gasteiger partial charge in [0.2, 0.25) is 0 Å². The van der Waals surface area contributed by atoms with E-state index in [4.69, 9.17) is 0 Å². The summed E-state index contributed by atoms with van der Waals surface area (Å²) < 4.78 is 0. The Balaban J connectivity index is 2.83. The van der Waals surface area contributed by atoms with E-state index in [1.807, 2.05) is 19.9 Å². The van der Waals surface area contributed by atoms with Gasteiger partial charge < -0.3 is 5.11 Å². The van der Waals surface area contributed by atoms with Crippen LogP contribution in [0.1, 0.15) is 24.2 Å². The second kappa shape index (κ2) is 5.15. The van der Waals surface area contributed by atoms with Gasteiger partial charge in [0.1, 0.15) is 5.75 Å². The minimum absolute atomic E-state index is 0.0179. The van der Waals surface area contributed by atoms with Gasteiger partial charge in [0.15, 0.2) is 5.78 Å². The van der Waals surface area contributed by atoms with Gasteiger partial charge in [-0.1, -0.05) is 29.9 Å². The normalized spacial score (nSPS) is 10.3. The van der Waals surface area contributed by atoms with Gasteiger partial charge in [0.05, 0.1) is 5.56 Å². The van der Waals surface area contributed by atoms with Crippen molar-refractivity contribution in [2.75, 3.05) is 0 Å². The Morgan fingerprint density at radius 3 is 2.53 bits per heavy atom. The van der Waals surface area contributed by atoms with Gasteiger partial charge in [-0.15, -0.1) is 0 Å². The first-order valence-corrected chi connectivity index (χ1v) is 4.75. The first-order chi connectivity index (χ1) is 7.11. The molecule has 0 radical (unpaired) electrons. The van der Waals surface area contributed by atoms with Crippen LogP contribution in [0.15, 0.2) is 48.1 Å². The standard InChI is InChI=1S/C13H14O2/c1-10(2)6-5-9-13(15)11-7-3-4-8-12(11)14/h3-9,14H,1-2H3/b9-5+. The second-order valence-electron chi connectivity index (χ2n) is 3.48. The summed E-state index contributed by atoms with van der Waals surface area (Å²) in [5, 5.41) is 9.42. The summed E-state index contributed by atoms with van der Waals surface area (Å²) in [7, 11) is 0. The maximum absolute atomic E-state index is 11.6. The van der Waals surface area contributed by atoms with Crippen LogP contribution in [0.3, 0.4) is 0 Å². The number of carbonyl (C=O) groups excluding carboxylic acids is 1. The summed E-state index contributed by atoms with van der Waals surface area (Å²) in [4.78, 5) is 11.6.